The maximum absolute atomic E-state index is 12.7. The Balaban J connectivity index is 2.16. The van der Waals surface area contributed by atoms with E-state index in [-0.39, 0.29) is 12.7 Å². The Labute approximate surface area is 57.5 Å². The van der Waals surface area contributed by atoms with Crippen LogP contribution in [0.3, 0.4) is 0 Å². The molecule has 2 rings (SSSR count). The van der Waals surface area contributed by atoms with Gasteiger partial charge in [0.2, 0.25) is 0 Å². The molecule has 0 saturated carbocycles. The Kier molecular flexibility index (Phi) is 1.22. The zero-order chi connectivity index (χ0) is 7.19. The van der Waals surface area contributed by atoms with Crippen molar-refractivity contribution in [1.82, 2.24) is 5.32 Å². The summed E-state index contributed by atoms with van der Waals surface area (Å²) in [6, 6.07) is 0. The number of hydrogen-bond acceptors (Lipinski definition) is 2. The highest BCUT2D eigenvalue weighted by Gasteiger charge is 2.53. The van der Waals surface area contributed by atoms with E-state index in [1.54, 1.807) is 0 Å². The van der Waals surface area contributed by atoms with E-state index < -0.39 is 11.8 Å². The number of hydrogen-bond donors (Lipinski definition) is 1. The number of rotatable bonds is 0. The molecule has 2 fully saturated rings. The molecule has 0 aromatic carbocycles. The fourth-order valence-electron chi connectivity index (χ4n) is 1.58. The molecule has 0 spiro atoms. The summed E-state index contributed by atoms with van der Waals surface area (Å²) >= 11 is 0. The zero-order valence-electron chi connectivity index (χ0n) is 5.44. The second-order valence-electron chi connectivity index (χ2n) is 2.88. The Morgan fingerprint density at radius 3 is 2.90 bits per heavy atom. The van der Waals surface area contributed by atoms with Crippen LogP contribution in [0.4, 0.5) is 8.78 Å². The highest BCUT2D eigenvalue weighted by molar-refractivity contribution is 4.96. The van der Waals surface area contributed by atoms with Gasteiger partial charge >= 0.3 is 0 Å². The van der Waals surface area contributed by atoms with Crippen molar-refractivity contribution >= 4 is 0 Å². The average molecular weight is 149 g/mol. The van der Waals surface area contributed by atoms with Gasteiger partial charge in [0.15, 0.2) is 0 Å². The van der Waals surface area contributed by atoms with Crippen LogP contribution in [0.5, 0.6) is 0 Å². The van der Waals surface area contributed by atoms with Gasteiger partial charge in [-0.3, -0.25) is 0 Å². The van der Waals surface area contributed by atoms with Crippen molar-refractivity contribution in [3.8, 4) is 0 Å². The summed E-state index contributed by atoms with van der Waals surface area (Å²) in [5.74, 6) is -3.17. The van der Waals surface area contributed by atoms with E-state index >= 15 is 0 Å². The number of alkyl halides is 2. The minimum atomic E-state index is -2.59. The van der Waals surface area contributed by atoms with E-state index in [2.05, 4.69) is 5.32 Å². The summed E-state index contributed by atoms with van der Waals surface area (Å²) in [6.45, 7) is 0.599. The maximum Gasteiger partial charge on any atom is 0.277 e. The van der Waals surface area contributed by atoms with Crippen LogP contribution in [-0.4, -0.2) is 31.7 Å². The van der Waals surface area contributed by atoms with E-state index in [9.17, 15) is 8.78 Å². The molecule has 2 aliphatic heterocycles. The molecular formula is C6H9F2NO. The van der Waals surface area contributed by atoms with Crippen molar-refractivity contribution in [1.29, 1.82) is 0 Å². The van der Waals surface area contributed by atoms with Gasteiger partial charge in [0.05, 0.1) is 12.0 Å². The van der Waals surface area contributed by atoms with Crippen LogP contribution in [0.2, 0.25) is 0 Å². The molecule has 0 radical (unpaired) electrons. The highest BCUT2D eigenvalue weighted by atomic mass is 19.3. The first-order valence-electron chi connectivity index (χ1n) is 3.40. The van der Waals surface area contributed by atoms with Gasteiger partial charge in [-0.15, -0.1) is 0 Å². The number of nitrogens with one attached hydrogen (secondary N) is 1. The predicted octanol–water partition coefficient (Wildman–Crippen LogP) is 0.240. The summed E-state index contributed by atoms with van der Waals surface area (Å²) in [5, 5.41) is 2.87. The summed E-state index contributed by atoms with van der Waals surface area (Å²) in [4.78, 5) is 0. The SMILES string of the molecule is FC1(F)CO[C@H]2CNC[C@H]21. The third kappa shape index (κ3) is 0.754. The van der Waals surface area contributed by atoms with Crippen LogP contribution >= 0.6 is 0 Å². The van der Waals surface area contributed by atoms with Crippen LogP contribution in [0.25, 0.3) is 0 Å². The minimum absolute atomic E-state index is 0.241. The first kappa shape index (κ1) is 6.49. The first-order chi connectivity index (χ1) is 4.70. The standard InChI is InChI=1S/C6H9F2NO/c7-6(8)3-10-5-2-9-1-4(5)6/h4-5,9H,1-3H2/t4-,5+/m1/s1. The third-order valence-corrected chi connectivity index (χ3v) is 2.19. The molecule has 1 N–H and O–H groups in total. The minimum Gasteiger partial charge on any atom is -0.370 e. The molecule has 4 heteroatoms. The smallest absolute Gasteiger partial charge is 0.277 e. The fraction of sp³-hybridized carbons (Fsp3) is 1.00. The van der Waals surface area contributed by atoms with E-state index in [4.69, 9.17) is 4.74 Å². The Morgan fingerprint density at radius 1 is 1.40 bits per heavy atom. The van der Waals surface area contributed by atoms with Gasteiger partial charge in [0, 0.05) is 13.1 Å². The summed E-state index contributed by atoms with van der Waals surface area (Å²) in [7, 11) is 0. The molecule has 2 heterocycles. The molecular weight excluding hydrogens is 140 g/mol. The van der Waals surface area contributed by atoms with Crippen LogP contribution in [0.1, 0.15) is 0 Å². The Hall–Kier alpha value is -0.220. The van der Waals surface area contributed by atoms with Gasteiger partial charge in [0.1, 0.15) is 6.61 Å². The normalized spacial score (nSPS) is 43.8. The van der Waals surface area contributed by atoms with Gasteiger partial charge < -0.3 is 10.1 Å². The molecule has 2 saturated heterocycles. The molecule has 0 bridgehead atoms. The fourth-order valence-corrected chi connectivity index (χ4v) is 1.58. The molecule has 58 valence electrons. The second kappa shape index (κ2) is 1.89. The van der Waals surface area contributed by atoms with Crippen LogP contribution in [-0.2, 0) is 4.74 Å². The van der Waals surface area contributed by atoms with Gasteiger partial charge in [-0.2, -0.15) is 0 Å². The molecule has 0 aromatic heterocycles. The van der Waals surface area contributed by atoms with Gasteiger partial charge in [-0.1, -0.05) is 0 Å². The second-order valence-corrected chi connectivity index (χ2v) is 2.88. The van der Waals surface area contributed by atoms with Crippen molar-refractivity contribution in [3.63, 3.8) is 0 Å². The lowest BCUT2D eigenvalue weighted by Gasteiger charge is -2.12. The molecule has 2 atom stereocenters. The topological polar surface area (TPSA) is 21.3 Å². The predicted molar refractivity (Wildman–Crippen MR) is 31.0 cm³/mol. The van der Waals surface area contributed by atoms with Crippen molar-refractivity contribution < 1.29 is 13.5 Å². The molecule has 2 nitrogen and oxygen atoms in total. The van der Waals surface area contributed by atoms with Crippen molar-refractivity contribution in [3.05, 3.63) is 0 Å². The summed E-state index contributed by atoms with van der Waals surface area (Å²) in [6.07, 6.45) is -0.241. The summed E-state index contributed by atoms with van der Waals surface area (Å²) < 4.78 is 30.3. The van der Waals surface area contributed by atoms with Crippen LogP contribution < -0.4 is 5.32 Å². The maximum atomic E-state index is 12.7. The van der Waals surface area contributed by atoms with E-state index in [1.165, 1.54) is 0 Å². The van der Waals surface area contributed by atoms with Crippen molar-refractivity contribution in [2.24, 2.45) is 5.92 Å². The molecule has 10 heavy (non-hydrogen) atoms. The molecule has 0 aromatic rings. The van der Waals surface area contributed by atoms with Crippen LogP contribution in [0, 0.1) is 5.92 Å². The third-order valence-electron chi connectivity index (χ3n) is 2.19. The zero-order valence-corrected chi connectivity index (χ0v) is 5.44. The van der Waals surface area contributed by atoms with E-state index in [1.807, 2.05) is 0 Å². The largest absolute Gasteiger partial charge is 0.370 e. The summed E-state index contributed by atoms with van der Waals surface area (Å²) in [5.41, 5.74) is 0. The highest BCUT2D eigenvalue weighted by Crippen LogP contribution is 2.37. The molecule has 0 aliphatic carbocycles. The number of halogens is 2. The van der Waals surface area contributed by atoms with E-state index in [0.29, 0.717) is 13.1 Å². The van der Waals surface area contributed by atoms with Crippen molar-refractivity contribution in [2.45, 2.75) is 12.0 Å². The van der Waals surface area contributed by atoms with Gasteiger partial charge in [-0.05, 0) is 0 Å². The quantitative estimate of drug-likeness (QED) is 0.532. The molecule has 0 amide bonds. The van der Waals surface area contributed by atoms with Gasteiger partial charge in [0.25, 0.3) is 5.92 Å². The Morgan fingerprint density at radius 2 is 2.20 bits per heavy atom. The molecule has 0 unspecified atom stereocenters. The van der Waals surface area contributed by atoms with Crippen molar-refractivity contribution in [2.75, 3.05) is 19.7 Å². The van der Waals surface area contributed by atoms with Crippen LogP contribution in [0.15, 0.2) is 0 Å². The monoisotopic (exact) mass is 149 g/mol. The lowest BCUT2D eigenvalue weighted by atomic mass is 10.0. The van der Waals surface area contributed by atoms with Gasteiger partial charge in [-0.25, -0.2) is 8.78 Å². The number of fused-ring (bicyclic) bond motifs is 1. The first-order valence-corrected chi connectivity index (χ1v) is 3.40. The lowest BCUT2D eigenvalue weighted by molar-refractivity contribution is -0.0356. The lowest BCUT2D eigenvalue weighted by Crippen LogP contribution is -2.30. The van der Waals surface area contributed by atoms with E-state index in [0.717, 1.165) is 0 Å². The molecule has 2 aliphatic rings. The number of ether oxygens (including phenoxy) is 1. The average Bonchev–Trinajstić information content (AvgIpc) is 2.36. The Bertz CT molecular complexity index is 151.